The lowest BCUT2D eigenvalue weighted by molar-refractivity contribution is -0.131. The van der Waals surface area contributed by atoms with Crippen molar-refractivity contribution >= 4 is 12.0 Å². The fraction of sp³-hybridized carbons (Fsp3) is 0.474. The van der Waals surface area contributed by atoms with Crippen LogP contribution in [0.15, 0.2) is 48.2 Å². The van der Waals surface area contributed by atoms with E-state index in [0.29, 0.717) is 18.9 Å². The molecule has 1 fully saturated rings. The second-order valence-electron chi connectivity index (χ2n) is 6.48. The number of carbonyl (C=O) groups is 2. The minimum Gasteiger partial charge on any atom is -0.433 e. The molecule has 0 saturated carbocycles. The summed E-state index contributed by atoms with van der Waals surface area (Å²) in [6.07, 6.45) is 14.4. The molecule has 3 rings (SSSR count). The first-order valence-corrected chi connectivity index (χ1v) is 8.59. The van der Waals surface area contributed by atoms with E-state index in [1.165, 1.54) is 10.5 Å². The van der Waals surface area contributed by atoms with Crippen molar-refractivity contribution in [2.45, 2.75) is 38.8 Å². The molecule has 3 atom stereocenters. The molecule has 0 radical (unpaired) electrons. The van der Waals surface area contributed by atoms with Crippen LogP contribution in [0.2, 0.25) is 0 Å². The van der Waals surface area contributed by atoms with Crippen LogP contribution in [0.5, 0.6) is 0 Å². The zero-order valence-corrected chi connectivity index (χ0v) is 14.2. The molecule has 0 aromatic heterocycles. The highest BCUT2D eigenvalue weighted by molar-refractivity contribution is 6.00. The van der Waals surface area contributed by atoms with E-state index in [1.807, 2.05) is 36.3 Å². The molecule has 128 valence electrons. The summed E-state index contributed by atoms with van der Waals surface area (Å²) in [6.45, 7) is 5.32. The Kier molecular flexibility index (Phi) is 4.88. The van der Waals surface area contributed by atoms with E-state index >= 15 is 0 Å². The number of allylic oxidation sites excluding steroid dienone is 5. The van der Waals surface area contributed by atoms with Gasteiger partial charge >= 0.3 is 6.09 Å². The summed E-state index contributed by atoms with van der Waals surface area (Å²) in [7, 11) is 0. The predicted octanol–water partition coefficient (Wildman–Crippen LogP) is 3.02. The van der Waals surface area contributed by atoms with Gasteiger partial charge in [-0.2, -0.15) is 0 Å². The fourth-order valence-corrected chi connectivity index (χ4v) is 3.39. The molecule has 0 spiro atoms. The number of hydrogen-bond donors (Lipinski definition) is 0. The molecular weight excluding hydrogens is 304 g/mol. The first-order valence-electron chi connectivity index (χ1n) is 8.59. The van der Waals surface area contributed by atoms with Gasteiger partial charge in [-0.05, 0) is 38.0 Å². The average Bonchev–Trinajstić information content (AvgIpc) is 2.87. The highest BCUT2D eigenvalue weighted by Gasteiger charge is 2.45. The molecule has 0 bridgehead atoms. The molecule has 2 amide bonds. The molecule has 5 nitrogen and oxygen atoms in total. The number of amides is 2. The van der Waals surface area contributed by atoms with Crippen molar-refractivity contribution in [1.29, 1.82) is 0 Å². The molecule has 0 aromatic rings. The van der Waals surface area contributed by atoms with Crippen molar-refractivity contribution in [2.75, 3.05) is 13.1 Å². The summed E-state index contributed by atoms with van der Waals surface area (Å²) < 4.78 is 5.40. The van der Waals surface area contributed by atoms with Gasteiger partial charge in [0.1, 0.15) is 0 Å². The van der Waals surface area contributed by atoms with Gasteiger partial charge in [0, 0.05) is 13.1 Å². The number of carbonyl (C=O) groups excluding carboxylic acids is 2. The highest BCUT2D eigenvalue weighted by Crippen LogP contribution is 2.25. The third-order valence-electron chi connectivity index (χ3n) is 4.73. The quantitative estimate of drug-likeness (QED) is 0.778. The van der Waals surface area contributed by atoms with Gasteiger partial charge in [0.15, 0.2) is 0 Å². The Morgan fingerprint density at radius 3 is 2.79 bits per heavy atom. The van der Waals surface area contributed by atoms with Gasteiger partial charge in [-0.3, -0.25) is 4.79 Å². The summed E-state index contributed by atoms with van der Waals surface area (Å²) in [4.78, 5) is 28.1. The first kappa shape index (κ1) is 16.6. The Morgan fingerprint density at radius 1 is 1.21 bits per heavy atom. The van der Waals surface area contributed by atoms with E-state index in [9.17, 15) is 9.59 Å². The van der Waals surface area contributed by atoms with E-state index in [0.717, 1.165) is 13.0 Å². The lowest BCUT2D eigenvalue weighted by Gasteiger charge is -2.31. The number of ether oxygens (including phenoxy) is 1. The van der Waals surface area contributed by atoms with Gasteiger partial charge in [0.05, 0.1) is 6.04 Å². The van der Waals surface area contributed by atoms with Crippen molar-refractivity contribution in [1.82, 2.24) is 9.80 Å². The monoisotopic (exact) mass is 328 g/mol. The maximum absolute atomic E-state index is 12.7. The van der Waals surface area contributed by atoms with Gasteiger partial charge in [-0.1, -0.05) is 42.9 Å². The Hall–Kier alpha value is -2.30. The number of hydrogen-bond acceptors (Lipinski definition) is 4. The highest BCUT2D eigenvalue weighted by atomic mass is 16.6. The van der Waals surface area contributed by atoms with E-state index in [4.69, 9.17) is 4.74 Å². The summed E-state index contributed by atoms with van der Waals surface area (Å²) in [5.74, 6) is 0.277. The lowest BCUT2D eigenvalue weighted by atomic mass is 9.94. The van der Waals surface area contributed by atoms with Crippen molar-refractivity contribution in [3.8, 4) is 0 Å². The summed E-state index contributed by atoms with van der Waals surface area (Å²) in [5, 5.41) is 0. The van der Waals surface area contributed by atoms with Gasteiger partial charge in [0.25, 0.3) is 5.91 Å². The van der Waals surface area contributed by atoms with Crippen LogP contribution in [-0.4, -0.2) is 47.0 Å². The zero-order valence-electron chi connectivity index (χ0n) is 14.2. The molecule has 2 aliphatic heterocycles. The minimum absolute atomic E-state index is 0.224. The predicted molar refractivity (Wildman–Crippen MR) is 92.1 cm³/mol. The maximum atomic E-state index is 12.7. The van der Waals surface area contributed by atoms with Crippen LogP contribution >= 0.6 is 0 Å². The molecule has 24 heavy (non-hydrogen) atoms. The first-order chi connectivity index (χ1) is 11.6. The van der Waals surface area contributed by atoms with Crippen LogP contribution in [0, 0.1) is 5.92 Å². The SMILES string of the molecule is CCN1C=CC=CC1C1OC(=O)N(CCC2=CC=CC(C)C2)C1=O. The smallest absolute Gasteiger partial charge is 0.417 e. The topological polar surface area (TPSA) is 49.9 Å². The van der Waals surface area contributed by atoms with Crippen molar-refractivity contribution in [3.63, 3.8) is 0 Å². The van der Waals surface area contributed by atoms with E-state index in [-0.39, 0.29) is 11.9 Å². The second-order valence-corrected chi connectivity index (χ2v) is 6.48. The zero-order chi connectivity index (χ0) is 17.1. The van der Waals surface area contributed by atoms with Crippen molar-refractivity contribution in [2.24, 2.45) is 5.92 Å². The Morgan fingerprint density at radius 2 is 2.04 bits per heavy atom. The van der Waals surface area contributed by atoms with Crippen molar-refractivity contribution < 1.29 is 14.3 Å². The maximum Gasteiger partial charge on any atom is 0.417 e. The molecular formula is C19H24N2O3. The molecule has 5 heteroatoms. The van der Waals surface area contributed by atoms with E-state index in [2.05, 4.69) is 25.2 Å². The number of rotatable bonds is 5. The lowest BCUT2D eigenvalue weighted by Crippen LogP contribution is -2.45. The average molecular weight is 328 g/mol. The molecule has 3 aliphatic rings. The van der Waals surface area contributed by atoms with Gasteiger partial charge in [0.2, 0.25) is 6.10 Å². The van der Waals surface area contributed by atoms with Gasteiger partial charge in [-0.15, -0.1) is 0 Å². The number of cyclic esters (lactones) is 1. The molecule has 0 aromatic carbocycles. The minimum atomic E-state index is -0.752. The van der Waals surface area contributed by atoms with Crippen molar-refractivity contribution in [3.05, 3.63) is 48.2 Å². The summed E-state index contributed by atoms with van der Waals surface area (Å²) >= 11 is 0. The van der Waals surface area contributed by atoms with E-state index in [1.54, 1.807) is 0 Å². The Balaban J connectivity index is 1.64. The fourth-order valence-electron chi connectivity index (χ4n) is 3.39. The molecule has 2 heterocycles. The third kappa shape index (κ3) is 3.30. The van der Waals surface area contributed by atoms with Crippen LogP contribution in [-0.2, 0) is 9.53 Å². The van der Waals surface area contributed by atoms with E-state index < -0.39 is 12.2 Å². The largest absolute Gasteiger partial charge is 0.433 e. The Bertz CT molecular complexity index is 633. The third-order valence-corrected chi connectivity index (χ3v) is 4.73. The van der Waals surface area contributed by atoms with Crippen LogP contribution in [0.1, 0.15) is 26.7 Å². The number of likely N-dealkylation sites (N-methyl/N-ethyl adjacent to an activating group) is 1. The van der Waals surface area contributed by atoms with Crippen LogP contribution in [0.25, 0.3) is 0 Å². The molecule has 0 N–H and O–H groups in total. The van der Waals surface area contributed by atoms with Crippen LogP contribution in [0.3, 0.4) is 0 Å². The van der Waals surface area contributed by atoms with Crippen LogP contribution < -0.4 is 0 Å². The van der Waals surface area contributed by atoms with Gasteiger partial charge in [-0.25, -0.2) is 9.69 Å². The number of imide groups is 1. The van der Waals surface area contributed by atoms with Crippen LogP contribution in [0.4, 0.5) is 4.79 Å². The standard InChI is InChI=1S/C19H24N2O3/c1-3-20-11-5-4-9-16(20)17-18(22)21(19(23)24-17)12-10-15-8-6-7-14(2)13-15/h4-9,11,14,16-17H,3,10,12-13H2,1-2H3. The molecule has 3 unspecified atom stereocenters. The molecule has 1 saturated heterocycles. The second kappa shape index (κ2) is 7.07. The summed E-state index contributed by atoms with van der Waals surface area (Å²) in [6, 6.07) is -0.224. The van der Waals surface area contributed by atoms with Gasteiger partial charge < -0.3 is 9.64 Å². The Labute approximate surface area is 142 Å². The number of nitrogens with zero attached hydrogens (tertiary/aromatic N) is 2. The summed E-state index contributed by atoms with van der Waals surface area (Å²) in [5.41, 5.74) is 1.27. The normalized spacial score (nSPS) is 29.2. The molecule has 1 aliphatic carbocycles.